The van der Waals surface area contributed by atoms with Crippen LogP contribution < -0.4 is 10.7 Å². The van der Waals surface area contributed by atoms with E-state index >= 15 is 0 Å². The summed E-state index contributed by atoms with van der Waals surface area (Å²) in [5.74, 6) is -0.888. The number of diazo groups is 1. The molecule has 0 atom stereocenters. The molecule has 0 saturated heterocycles. The molecular formula is C10H6N4O2. The van der Waals surface area contributed by atoms with Gasteiger partial charge in [-0.1, -0.05) is 18.2 Å². The van der Waals surface area contributed by atoms with E-state index in [0.717, 1.165) is 10.9 Å². The first-order valence-corrected chi connectivity index (χ1v) is 4.44. The molecule has 2 rings (SSSR count). The monoisotopic (exact) mass is 214 g/mol. The van der Waals surface area contributed by atoms with E-state index in [1.807, 2.05) is 0 Å². The fourth-order valence-corrected chi connectivity index (χ4v) is 1.25. The van der Waals surface area contributed by atoms with Crippen LogP contribution in [-0.2, 0) is 0 Å². The highest BCUT2D eigenvalue weighted by Crippen LogP contribution is 2.17. The standard InChI is InChI=1S/C10H6N4O2/c11-13-8-6-12-14(10(16)9(8)15)7-4-2-1-3-5-7/h1-6H. The molecule has 6 nitrogen and oxygen atoms in total. The van der Waals surface area contributed by atoms with Crippen LogP contribution >= 0.6 is 0 Å². The Morgan fingerprint density at radius 3 is 2.62 bits per heavy atom. The number of rotatable bonds is 1. The molecular weight excluding hydrogens is 208 g/mol. The van der Waals surface area contributed by atoms with E-state index in [0.29, 0.717) is 5.69 Å². The molecule has 0 radical (unpaired) electrons. The van der Waals surface area contributed by atoms with Crippen molar-refractivity contribution in [2.75, 3.05) is 0 Å². The molecule has 0 aliphatic rings. The van der Waals surface area contributed by atoms with E-state index in [-0.39, 0.29) is 5.69 Å². The Hall–Kier alpha value is -2.68. The van der Waals surface area contributed by atoms with Gasteiger partial charge in [0.2, 0.25) is 5.39 Å². The van der Waals surface area contributed by atoms with Gasteiger partial charge in [-0.05, 0) is 12.1 Å². The van der Waals surface area contributed by atoms with Gasteiger partial charge >= 0.3 is 5.69 Å². The molecule has 6 heteroatoms. The summed E-state index contributed by atoms with van der Waals surface area (Å²) in [4.78, 5) is 14.2. The number of aromatic nitrogens is 2. The van der Waals surface area contributed by atoms with Crippen LogP contribution in [0.15, 0.2) is 41.3 Å². The van der Waals surface area contributed by atoms with Gasteiger partial charge in [0, 0.05) is 0 Å². The van der Waals surface area contributed by atoms with Crippen LogP contribution in [0.1, 0.15) is 0 Å². The highest BCUT2D eigenvalue weighted by atomic mass is 16.3. The maximum absolute atomic E-state index is 11.6. The fraction of sp³-hybridized carbons (Fsp3) is 0. The van der Waals surface area contributed by atoms with Gasteiger partial charge in [0.25, 0.3) is 5.56 Å². The second kappa shape index (κ2) is 3.82. The van der Waals surface area contributed by atoms with Gasteiger partial charge in [-0.25, -0.2) is 0 Å². The van der Waals surface area contributed by atoms with Gasteiger partial charge in [0.15, 0.2) is 4.98 Å². The highest BCUT2D eigenvalue weighted by Gasteiger charge is 2.12. The van der Waals surface area contributed by atoms with Crippen molar-refractivity contribution in [3.8, 4) is 11.4 Å². The first-order valence-electron chi connectivity index (χ1n) is 4.44. The maximum atomic E-state index is 11.6. The predicted molar refractivity (Wildman–Crippen MR) is 54.0 cm³/mol. The number of hydrogen-bond acceptors (Lipinski definition) is 4. The number of para-hydroxylation sites is 1. The van der Waals surface area contributed by atoms with Crippen LogP contribution in [0.3, 0.4) is 0 Å². The molecule has 0 aliphatic carbocycles. The summed E-state index contributed by atoms with van der Waals surface area (Å²) in [7, 11) is 0. The topological polar surface area (TPSA) is 86.1 Å². The Morgan fingerprint density at radius 1 is 1.31 bits per heavy atom. The van der Waals surface area contributed by atoms with E-state index in [9.17, 15) is 9.90 Å². The van der Waals surface area contributed by atoms with E-state index in [4.69, 9.17) is 5.39 Å². The van der Waals surface area contributed by atoms with Crippen LogP contribution in [0.5, 0.6) is 5.75 Å². The highest BCUT2D eigenvalue weighted by molar-refractivity contribution is 5.52. The van der Waals surface area contributed by atoms with E-state index in [1.165, 1.54) is 0 Å². The first-order chi connectivity index (χ1) is 7.74. The lowest BCUT2D eigenvalue weighted by molar-refractivity contribution is -0.269. The summed E-state index contributed by atoms with van der Waals surface area (Å²) in [5, 5.41) is 23.5. The van der Waals surface area contributed by atoms with Crippen molar-refractivity contribution < 1.29 is 5.11 Å². The number of benzene rings is 1. The second-order valence-corrected chi connectivity index (χ2v) is 3.01. The summed E-state index contributed by atoms with van der Waals surface area (Å²) < 4.78 is 0.955. The molecule has 0 saturated carbocycles. The molecule has 1 aromatic carbocycles. The zero-order valence-electron chi connectivity index (χ0n) is 8.07. The third kappa shape index (κ3) is 1.50. The number of hydrogen-bond donors (Lipinski definition) is 0. The lowest BCUT2D eigenvalue weighted by atomic mass is 10.3. The Labute approximate surface area is 90.0 Å². The van der Waals surface area contributed by atoms with Gasteiger partial charge in [0.05, 0.1) is 11.4 Å². The maximum Gasteiger partial charge on any atom is 0.402 e. The van der Waals surface area contributed by atoms with Crippen LogP contribution in [0, 0.1) is 5.39 Å². The van der Waals surface area contributed by atoms with Crippen molar-refractivity contribution in [3.63, 3.8) is 0 Å². The SMILES string of the molecule is N#[N+]c1cnn(-c2ccccc2)c(=O)c1[O-]. The van der Waals surface area contributed by atoms with Gasteiger partial charge in [-0.2, -0.15) is 9.78 Å². The number of nitrogens with zero attached hydrogens (tertiary/aromatic N) is 4. The Balaban J connectivity index is 2.67. The molecule has 78 valence electrons. The van der Waals surface area contributed by atoms with Crippen LogP contribution in [0.4, 0.5) is 5.69 Å². The third-order valence-corrected chi connectivity index (χ3v) is 2.02. The lowest BCUT2D eigenvalue weighted by Crippen LogP contribution is -2.23. The smallest absolute Gasteiger partial charge is 0.402 e. The molecule has 0 unspecified atom stereocenters. The average Bonchev–Trinajstić information content (AvgIpc) is 2.34. The van der Waals surface area contributed by atoms with Crippen LogP contribution in [0.2, 0.25) is 0 Å². The normalized spacial score (nSPS) is 9.69. The van der Waals surface area contributed by atoms with E-state index < -0.39 is 11.3 Å². The minimum atomic E-state index is -0.888. The molecule has 0 fully saturated rings. The Morgan fingerprint density at radius 2 is 2.00 bits per heavy atom. The molecule has 2 aromatic rings. The first kappa shape index (κ1) is 9.86. The quantitative estimate of drug-likeness (QED) is 0.656. The largest absolute Gasteiger partial charge is 0.863 e. The van der Waals surface area contributed by atoms with E-state index in [1.54, 1.807) is 30.3 Å². The lowest BCUT2D eigenvalue weighted by Gasteiger charge is -2.06. The summed E-state index contributed by atoms with van der Waals surface area (Å²) in [6, 6.07) is 8.51. The molecule has 0 N–H and O–H groups in total. The van der Waals surface area contributed by atoms with Crippen molar-refractivity contribution in [2.45, 2.75) is 0 Å². The van der Waals surface area contributed by atoms with Crippen molar-refractivity contribution in [1.29, 1.82) is 5.39 Å². The average molecular weight is 214 g/mol. The summed E-state index contributed by atoms with van der Waals surface area (Å²) in [5.41, 5.74) is -0.729. The van der Waals surface area contributed by atoms with Crippen LogP contribution in [0.25, 0.3) is 10.7 Å². The van der Waals surface area contributed by atoms with Crippen molar-refractivity contribution in [2.24, 2.45) is 0 Å². The molecule has 0 aliphatic heterocycles. The van der Waals surface area contributed by atoms with Gasteiger partial charge in [-0.15, -0.1) is 0 Å². The molecule has 0 amide bonds. The Kier molecular flexibility index (Phi) is 2.36. The zero-order valence-corrected chi connectivity index (χ0v) is 8.07. The molecule has 16 heavy (non-hydrogen) atoms. The van der Waals surface area contributed by atoms with Gasteiger partial charge < -0.3 is 5.11 Å². The molecule has 1 heterocycles. The second-order valence-electron chi connectivity index (χ2n) is 3.01. The minimum absolute atomic E-state index is 0.364. The molecule has 0 bridgehead atoms. The third-order valence-electron chi connectivity index (χ3n) is 2.02. The summed E-state index contributed by atoms with van der Waals surface area (Å²) in [6.07, 6.45) is 1.04. The van der Waals surface area contributed by atoms with Gasteiger partial charge in [-0.3, -0.25) is 4.79 Å². The van der Waals surface area contributed by atoms with Crippen LogP contribution in [-0.4, -0.2) is 9.78 Å². The Bertz CT molecular complexity index is 613. The predicted octanol–water partition coefficient (Wildman–Crippen LogP) is 0.791. The van der Waals surface area contributed by atoms with Crippen molar-refractivity contribution in [1.82, 2.24) is 9.78 Å². The van der Waals surface area contributed by atoms with Crippen molar-refractivity contribution in [3.05, 3.63) is 51.9 Å². The molecule has 0 spiro atoms. The fourth-order valence-electron chi connectivity index (χ4n) is 1.25. The molecule has 1 aromatic heterocycles. The van der Waals surface area contributed by atoms with Crippen molar-refractivity contribution >= 4 is 5.69 Å². The summed E-state index contributed by atoms with van der Waals surface area (Å²) >= 11 is 0. The zero-order chi connectivity index (χ0) is 11.5. The minimum Gasteiger partial charge on any atom is -0.863 e. The van der Waals surface area contributed by atoms with E-state index in [2.05, 4.69) is 10.1 Å². The van der Waals surface area contributed by atoms with Gasteiger partial charge in [0.1, 0.15) is 6.20 Å². The summed E-state index contributed by atoms with van der Waals surface area (Å²) in [6.45, 7) is 0.